The van der Waals surface area contributed by atoms with Crippen LogP contribution in [-0.4, -0.2) is 96.7 Å². The van der Waals surface area contributed by atoms with Crippen LogP contribution in [0.5, 0.6) is 0 Å². The number of esters is 4. The summed E-state index contributed by atoms with van der Waals surface area (Å²) in [7, 11) is -9.89. The predicted octanol–water partition coefficient (Wildman–Crippen LogP) is 20.5. The lowest BCUT2D eigenvalue weighted by Crippen LogP contribution is -2.30. The van der Waals surface area contributed by atoms with Crippen LogP contribution in [0.4, 0.5) is 0 Å². The van der Waals surface area contributed by atoms with E-state index in [0.29, 0.717) is 25.7 Å². The van der Waals surface area contributed by atoms with Gasteiger partial charge in [-0.05, 0) is 31.6 Å². The van der Waals surface area contributed by atoms with E-state index >= 15 is 0 Å². The van der Waals surface area contributed by atoms with Gasteiger partial charge >= 0.3 is 39.5 Å². The fourth-order valence-electron chi connectivity index (χ4n) is 10.8. The Morgan fingerprint density at radius 3 is 0.756 bits per heavy atom. The first-order valence-electron chi connectivity index (χ1n) is 37.1. The minimum absolute atomic E-state index is 0.106. The van der Waals surface area contributed by atoms with Gasteiger partial charge in [-0.1, -0.05) is 317 Å². The summed E-state index contributed by atoms with van der Waals surface area (Å²) in [6.45, 7) is 7.19. The number of hydrogen-bond donors (Lipinski definition) is 3. The summed E-state index contributed by atoms with van der Waals surface area (Å²) in [5.41, 5.74) is 0. The fourth-order valence-corrected chi connectivity index (χ4v) is 12.4. The Morgan fingerprint density at radius 1 is 0.300 bits per heavy atom. The number of hydrogen-bond acceptors (Lipinski definition) is 15. The topological polar surface area (TPSA) is 237 Å². The highest BCUT2D eigenvalue weighted by Crippen LogP contribution is 2.45. The number of unbranched alkanes of at least 4 members (excludes halogenated alkanes) is 43. The maximum absolute atomic E-state index is 13.0. The molecule has 3 N–H and O–H groups in total. The Bertz CT molecular complexity index is 1740. The lowest BCUT2D eigenvalue weighted by molar-refractivity contribution is -0.161. The molecule has 0 rings (SSSR count). The minimum Gasteiger partial charge on any atom is -0.462 e. The first-order chi connectivity index (χ1) is 43.5. The van der Waals surface area contributed by atoms with E-state index in [2.05, 4.69) is 34.6 Å². The van der Waals surface area contributed by atoms with E-state index in [1.807, 2.05) is 0 Å². The molecule has 19 heteroatoms. The zero-order valence-corrected chi connectivity index (χ0v) is 60.1. The van der Waals surface area contributed by atoms with Crippen molar-refractivity contribution in [3.8, 4) is 0 Å². The molecule has 0 amide bonds. The molecular formula is C71H138O17P2. The van der Waals surface area contributed by atoms with Gasteiger partial charge in [0.25, 0.3) is 0 Å². The van der Waals surface area contributed by atoms with Crippen molar-refractivity contribution >= 4 is 39.5 Å². The number of aliphatic hydroxyl groups is 1. The Morgan fingerprint density at radius 2 is 0.511 bits per heavy atom. The molecule has 0 fully saturated rings. The highest BCUT2D eigenvalue weighted by Gasteiger charge is 2.30. The molecule has 90 heavy (non-hydrogen) atoms. The SMILES string of the molecule is CCCCCCCCCCCCCCCCC(=O)OC[C@H](COP(=O)(O)OC[C@@H](O)COP(=O)(O)OC[C@@H](COC(=O)CCCCCCC)OC(=O)CCCCCCCCCCCC)OC(=O)CCCCCCCCCCCCCCCCCCCCC(C)C. The molecule has 0 aromatic rings. The number of phosphoric ester groups is 2. The average molecular weight is 1330 g/mol. The van der Waals surface area contributed by atoms with Gasteiger partial charge < -0.3 is 33.8 Å². The Hall–Kier alpha value is -1.94. The van der Waals surface area contributed by atoms with Crippen LogP contribution in [-0.2, 0) is 65.4 Å². The molecule has 0 aromatic carbocycles. The van der Waals surface area contributed by atoms with Crippen LogP contribution in [0, 0.1) is 5.92 Å². The molecule has 17 nitrogen and oxygen atoms in total. The third-order valence-corrected chi connectivity index (χ3v) is 18.4. The summed E-state index contributed by atoms with van der Waals surface area (Å²) in [6.07, 6.45) is 51.8. The Balaban J connectivity index is 5.11. The second-order valence-electron chi connectivity index (χ2n) is 26.1. The summed E-state index contributed by atoms with van der Waals surface area (Å²) in [5, 5.41) is 10.6. The number of aliphatic hydroxyl groups excluding tert-OH is 1. The van der Waals surface area contributed by atoms with Crippen molar-refractivity contribution in [3.05, 3.63) is 0 Å². The second-order valence-corrected chi connectivity index (χ2v) is 29.0. The number of phosphoric acid groups is 2. The maximum Gasteiger partial charge on any atom is 0.472 e. The smallest absolute Gasteiger partial charge is 0.462 e. The highest BCUT2D eigenvalue weighted by atomic mass is 31.2. The minimum atomic E-state index is -4.95. The molecule has 534 valence electrons. The Labute approximate surface area is 549 Å². The van der Waals surface area contributed by atoms with Gasteiger partial charge in [0.05, 0.1) is 26.4 Å². The molecule has 0 bridgehead atoms. The number of rotatable bonds is 71. The van der Waals surface area contributed by atoms with E-state index in [0.717, 1.165) is 102 Å². The van der Waals surface area contributed by atoms with Crippen molar-refractivity contribution in [2.45, 2.75) is 387 Å². The number of carbonyl (C=O) groups is 4. The molecule has 0 saturated carbocycles. The van der Waals surface area contributed by atoms with Crippen molar-refractivity contribution in [3.63, 3.8) is 0 Å². The largest absolute Gasteiger partial charge is 0.472 e. The van der Waals surface area contributed by atoms with Crippen LogP contribution in [0.2, 0.25) is 0 Å². The van der Waals surface area contributed by atoms with Crippen molar-refractivity contribution in [2.75, 3.05) is 39.6 Å². The zero-order chi connectivity index (χ0) is 66.3. The molecule has 0 saturated heterocycles. The third-order valence-electron chi connectivity index (χ3n) is 16.5. The summed E-state index contributed by atoms with van der Waals surface area (Å²) in [6, 6.07) is 0. The van der Waals surface area contributed by atoms with E-state index in [9.17, 15) is 43.2 Å². The lowest BCUT2D eigenvalue weighted by atomic mass is 10.0. The maximum atomic E-state index is 13.0. The van der Waals surface area contributed by atoms with E-state index in [4.69, 9.17) is 37.0 Å². The van der Waals surface area contributed by atoms with Gasteiger partial charge in [-0.25, -0.2) is 9.13 Å². The van der Waals surface area contributed by atoms with Crippen molar-refractivity contribution in [2.24, 2.45) is 5.92 Å². The molecule has 0 aliphatic rings. The monoisotopic (exact) mass is 1320 g/mol. The first kappa shape index (κ1) is 88.1. The van der Waals surface area contributed by atoms with Gasteiger partial charge in [-0.3, -0.25) is 37.3 Å². The van der Waals surface area contributed by atoms with Gasteiger partial charge in [-0.15, -0.1) is 0 Å². The molecule has 5 atom stereocenters. The lowest BCUT2D eigenvalue weighted by Gasteiger charge is -2.21. The second kappa shape index (κ2) is 64.4. The van der Waals surface area contributed by atoms with Crippen molar-refractivity contribution < 1.29 is 80.2 Å². The predicted molar refractivity (Wildman–Crippen MR) is 363 cm³/mol. The number of ether oxygens (including phenoxy) is 4. The molecule has 2 unspecified atom stereocenters. The van der Waals surface area contributed by atoms with Crippen LogP contribution < -0.4 is 0 Å². The number of carbonyl (C=O) groups excluding carboxylic acids is 4. The standard InChI is InChI=1S/C71H138O17P2/c1-6-9-12-15-17-19-21-22-30-33-37-40-45-50-55-69(74)82-61-67(88-71(76)57-52-47-42-38-34-31-28-26-24-23-25-27-29-32-35-39-44-48-53-64(4)5)63-86-90(79,80)84-59-65(72)58-83-89(77,78)85-62-66(60-81-68(73)54-49-43-14-11-8-3)87-70(75)56-51-46-41-36-20-18-16-13-10-7-2/h64-67,72H,6-63H2,1-5H3,(H,77,78)(H,79,80)/t65-,66+,67+/m0/s1. The summed E-state index contributed by atoms with van der Waals surface area (Å²) in [5.74, 6) is -1.31. The molecule has 0 aromatic heterocycles. The molecule has 0 radical (unpaired) electrons. The molecule has 0 heterocycles. The third kappa shape index (κ3) is 64.8. The van der Waals surface area contributed by atoms with Gasteiger partial charge in [0, 0.05) is 25.7 Å². The van der Waals surface area contributed by atoms with E-state index in [1.165, 1.54) is 186 Å². The Kier molecular flexibility index (Phi) is 63.0. The van der Waals surface area contributed by atoms with Gasteiger partial charge in [0.1, 0.15) is 19.3 Å². The quantitative estimate of drug-likeness (QED) is 0.0222. The van der Waals surface area contributed by atoms with Crippen LogP contribution >= 0.6 is 15.6 Å². The van der Waals surface area contributed by atoms with E-state index in [-0.39, 0.29) is 25.7 Å². The molecule has 0 spiro atoms. The van der Waals surface area contributed by atoms with E-state index < -0.39 is 97.5 Å². The highest BCUT2D eigenvalue weighted by molar-refractivity contribution is 7.47. The first-order valence-corrected chi connectivity index (χ1v) is 40.1. The van der Waals surface area contributed by atoms with Crippen LogP contribution in [0.25, 0.3) is 0 Å². The van der Waals surface area contributed by atoms with Gasteiger partial charge in [0.15, 0.2) is 12.2 Å². The zero-order valence-electron chi connectivity index (χ0n) is 58.3. The van der Waals surface area contributed by atoms with Gasteiger partial charge in [0.2, 0.25) is 0 Å². The van der Waals surface area contributed by atoms with Crippen molar-refractivity contribution in [1.29, 1.82) is 0 Å². The molecule has 0 aliphatic heterocycles. The van der Waals surface area contributed by atoms with Crippen LogP contribution in [0.15, 0.2) is 0 Å². The molecule has 0 aliphatic carbocycles. The fraction of sp³-hybridized carbons (Fsp3) is 0.944. The normalized spacial score (nSPS) is 14.1. The molecular weight excluding hydrogens is 1190 g/mol. The van der Waals surface area contributed by atoms with Crippen LogP contribution in [0.1, 0.15) is 369 Å². The van der Waals surface area contributed by atoms with E-state index in [1.54, 1.807) is 0 Å². The summed E-state index contributed by atoms with van der Waals surface area (Å²) < 4.78 is 68.0. The summed E-state index contributed by atoms with van der Waals surface area (Å²) in [4.78, 5) is 72.2. The average Bonchev–Trinajstić information content (AvgIpc) is 3.59. The summed E-state index contributed by atoms with van der Waals surface area (Å²) >= 11 is 0. The van der Waals surface area contributed by atoms with Crippen LogP contribution in [0.3, 0.4) is 0 Å². The van der Waals surface area contributed by atoms with Crippen molar-refractivity contribution in [1.82, 2.24) is 0 Å². The van der Waals surface area contributed by atoms with Gasteiger partial charge in [-0.2, -0.15) is 0 Å².